The fourth-order valence-corrected chi connectivity index (χ4v) is 1.67. The average molecular weight is 233 g/mol. The van der Waals surface area contributed by atoms with Crippen LogP contribution in [0.25, 0.3) is 0 Å². The summed E-state index contributed by atoms with van der Waals surface area (Å²) in [6.45, 7) is 7.08. The van der Waals surface area contributed by atoms with E-state index < -0.39 is 0 Å². The van der Waals surface area contributed by atoms with Crippen molar-refractivity contribution in [2.75, 3.05) is 5.32 Å². The van der Waals surface area contributed by atoms with Crippen LogP contribution in [0.4, 0.5) is 5.69 Å². The van der Waals surface area contributed by atoms with E-state index in [1.165, 1.54) is 5.56 Å². The third kappa shape index (κ3) is 2.67. The Hall–Kier alpha value is -1.78. The molecule has 0 aliphatic rings. The van der Waals surface area contributed by atoms with Crippen molar-refractivity contribution < 1.29 is 0 Å². The van der Waals surface area contributed by atoms with Crippen molar-refractivity contribution >= 4 is 5.69 Å². The third-order valence-electron chi connectivity index (χ3n) is 2.74. The lowest BCUT2D eigenvalue weighted by Crippen LogP contribution is -2.01. The van der Waals surface area contributed by atoms with Crippen molar-refractivity contribution in [2.24, 2.45) is 7.05 Å². The molecule has 5 nitrogen and oxygen atoms in total. The second kappa shape index (κ2) is 4.61. The molecule has 0 unspecified atom stereocenters. The number of hydrogen-bond acceptors (Lipinski definition) is 3. The van der Waals surface area contributed by atoms with Crippen molar-refractivity contribution in [2.45, 2.75) is 33.4 Å². The lowest BCUT2D eigenvalue weighted by molar-refractivity contribution is 0.529. The molecule has 0 amide bonds. The highest BCUT2D eigenvalue weighted by Crippen LogP contribution is 2.13. The summed E-state index contributed by atoms with van der Waals surface area (Å²) < 4.78 is 3.78. The van der Waals surface area contributed by atoms with E-state index in [-0.39, 0.29) is 0 Å². The Kier molecular flexibility index (Phi) is 3.17. The van der Waals surface area contributed by atoms with Gasteiger partial charge in [-0.15, -0.1) is 0 Å². The first-order valence-electron chi connectivity index (χ1n) is 5.83. The van der Waals surface area contributed by atoms with Crippen LogP contribution < -0.4 is 5.32 Å². The number of rotatable bonds is 4. The highest BCUT2D eigenvalue weighted by Gasteiger charge is 2.07. The van der Waals surface area contributed by atoms with Gasteiger partial charge in [-0.2, -0.15) is 10.2 Å². The quantitative estimate of drug-likeness (QED) is 0.880. The van der Waals surface area contributed by atoms with E-state index in [0.29, 0.717) is 6.04 Å². The van der Waals surface area contributed by atoms with Crippen molar-refractivity contribution in [3.8, 4) is 0 Å². The van der Waals surface area contributed by atoms with E-state index in [4.69, 9.17) is 0 Å². The molecule has 2 heterocycles. The minimum absolute atomic E-state index is 0.404. The van der Waals surface area contributed by atoms with Crippen LogP contribution in [0.2, 0.25) is 0 Å². The van der Waals surface area contributed by atoms with Gasteiger partial charge in [-0.1, -0.05) is 0 Å². The maximum Gasteiger partial charge on any atom is 0.0729 e. The fourth-order valence-electron chi connectivity index (χ4n) is 1.67. The normalized spacial score (nSPS) is 11.1. The van der Waals surface area contributed by atoms with Crippen LogP contribution in [0, 0.1) is 6.92 Å². The van der Waals surface area contributed by atoms with E-state index in [9.17, 15) is 0 Å². The van der Waals surface area contributed by atoms with Crippen LogP contribution in [-0.2, 0) is 13.6 Å². The molecular weight excluding hydrogens is 214 g/mol. The van der Waals surface area contributed by atoms with Crippen LogP contribution >= 0.6 is 0 Å². The standard InChI is InChI=1S/C12H19N5/c1-9(2)17-7-11(10(3)15-17)5-13-12-6-14-16(4)8-12/h6-9,13H,5H2,1-4H3. The van der Waals surface area contributed by atoms with E-state index >= 15 is 0 Å². The first kappa shape index (κ1) is 11.7. The summed E-state index contributed by atoms with van der Waals surface area (Å²) in [4.78, 5) is 0. The van der Waals surface area contributed by atoms with Gasteiger partial charge < -0.3 is 5.32 Å². The molecule has 0 bridgehead atoms. The van der Waals surface area contributed by atoms with Crippen molar-refractivity contribution in [1.29, 1.82) is 0 Å². The molecule has 0 atom stereocenters. The van der Waals surface area contributed by atoms with Crippen molar-refractivity contribution in [3.63, 3.8) is 0 Å². The molecule has 0 spiro atoms. The highest BCUT2D eigenvalue weighted by molar-refractivity contribution is 5.39. The Labute approximate surface area is 101 Å². The zero-order valence-corrected chi connectivity index (χ0v) is 10.8. The second-order valence-corrected chi connectivity index (χ2v) is 4.57. The van der Waals surface area contributed by atoms with Crippen LogP contribution in [0.1, 0.15) is 31.1 Å². The molecule has 2 aromatic heterocycles. The maximum atomic E-state index is 4.48. The van der Waals surface area contributed by atoms with Crippen molar-refractivity contribution in [1.82, 2.24) is 19.6 Å². The topological polar surface area (TPSA) is 47.7 Å². The molecule has 5 heteroatoms. The largest absolute Gasteiger partial charge is 0.378 e. The highest BCUT2D eigenvalue weighted by atomic mass is 15.3. The summed E-state index contributed by atoms with van der Waals surface area (Å²) in [6.07, 6.45) is 5.88. The molecule has 2 aromatic rings. The number of nitrogens with one attached hydrogen (secondary N) is 1. The predicted molar refractivity (Wildman–Crippen MR) is 67.9 cm³/mol. The van der Waals surface area contributed by atoms with Crippen LogP contribution in [0.3, 0.4) is 0 Å². The summed E-state index contributed by atoms with van der Waals surface area (Å²) in [5.41, 5.74) is 3.34. The maximum absolute atomic E-state index is 4.48. The molecule has 0 aliphatic carbocycles. The second-order valence-electron chi connectivity index (χ2n) is 4.57. The van der Waals surface area contributed by atoms with Gasteiger partial charge in [0.1, 0.15) is 0 Å². The Balaban J connectivity index is 2.03. The Morgan fingerprint density at radius 3 is 2.65 bits per heavy atom. The minimum Gasteiger partial charge on any atom is -0.378 e. The van der Waals surface area contributed by atoms with Crippen LogP contribution in [0.5, 0.6) is 0 Å². The summed E-state index contributed by atoms with van der Waals surface area (Å²) in [7, 11) is 1.91. The summed E-state index contributed by atoms with van der Waals surface area (Å²) in [5, 5.41) is 11.9. The molecule has 0 saturated heterocycles. The van der Waals surface area contributed by atoms with Crippen LogP contribution in [0.15, 0.2) is 18.6 Å². The Morgan fingerprint density at radius 1 is 1.35 bits per heavy atom. The molecule has 17 heavy (non-hydrogen) atoms. The van der Waals surface area contributed by atoms with Crippen LogP contribution in [-0.4, -0.2) is 19.6 Å². The average Bonchev–Trinajstić information content (AvgIpc) is 2.82. The van der Waals surface area contributed by atoms with E-state index in [1.54, 1.807) is 4.68 Å². The molecule has 0 aliphatic heterocycles. The lowest BCUT2D eigenvalue weighted by Gasteiger charge is -2.03. The smallest absolute Gasteiger partial charge is 0.0729 e. The number of aromatic nitrogens is 4. The molecule has 2 rings (SSSR count). The van der Waals surface area contributed by atoms with Gasteiger partial charge in [0.05, 0.1) is 17.6 Å². The molecule has 1 N–H and O–H groups in total. The summed E-state index contributed by atoms with van der Waals surface area (Å²) >= 11 is 0. The zero-order valence-electron chi connectivity index (χ0n) is 10.8. The van der Waals surface area contributed by atoms with Gasteiger partial charge in [0.2, 0.25) is 0 Å². The predicted octanol–water partition coefficient (Wildman–Crippen LogP) is 2.12. The number of anilines is 1. The molecular formula is C12H19N5. The molecule has 92 valence electrons. The zero-order chi connectivity index (χ0) is 12.4. The number of hydrogen-bond donors (Lipinski definition) is 1. The Morgan fingerprint density at radius 2 is 2.12 bits per heavy atom. The lowest BCUT2D eigenvalue weighted by atomic mass is 10.2. The van der Waals surface area contributed by atoms with Gasteiger partial charge in [-0.3, -0.25) is 9.36 Å². The Bertz CT molecular complexity index is 495. The monoisotopic (exact) mass is 233 g/mol. The van der Waals surface area contributed by atoms with Gasteiger partial charge >= 0.3 is 0 Å². The minimum atomic E-state index is 0.404. The fraction of sp³-hybridized carbons (Fsp3) is 0.500. The van der Waals surface area contributed by atoms with E-state index in [1.807, 2.05) is 31.0 Å². The number of nitrogens with zero attached hydrogens (tertiary/aromatic N) is 4. The molecule has 0 aromatic carbocycles. The van der Waals surface area contributed by atoms with E-state index in [2.05, 4.69) is 35.6 Å². The van der Waals surface area contributed by atoms with Gasteiger partial charge in [-0.05, 0) is 20.8 Å². The van der Waals surface area contributed by atoms with Crippen molar-refractivity contribution in [3.05, 3.63) is 29.8 Å². The van der Waals surface area contributed by atoms with Gasteiger partial charge in [0.15, 0.2) is 0 Å². The summed E-state index contributed by atoms with van der Waals surface area (Å²) in [6, 6.07) is 0.404. The first-order valence-corrected chi connectivity index (χ1v) is 5.83. The van der Waals surface area contributed by atoms with Gasteiger partial charge in [-0.25, -0.2) is 0 Å². The molecule has 0 fully saturated rings. The molecule has 0 radical (unpaired) electrons. The molecule has 0 saturated carbocycles. The third-order valence-corrected chi connectivity index (χ3v) is 2.74. The van der Waals surface area contributed by atoms with Gasteiger partial charge in [0, 0.05) is 37.6 Å². The van der Waals surface area contributed by atoms with E-state index in [0.717, 1.165) is 17.9 Å². The first-order chi connectivity index (χ1) is 8.06. The van der Waals surface area contributed by atoms with Gasteiger partial charge in [0.25, 0.3) is 0 Å². The SMILES string of the molecule is Cc1nn(C(C)C)cc1CNc1cnn(C)c1. The summed E-state index contributed by atoms with van der Waals surface area (Å²) in [5.74, 6) is 0. The number of aryl methyl sites for hydroxylation is 2.